The molecule has 0 radical (unpaired) electrons. The van der Waals surface area contributed by atoms with Crippen LogP contribution < -0.4 is 9.47 Å². The summed E-state index contributed by atoms with van der Waals surface area (Å²) < 4.78 is 10.5. The molecule has 0 bridgehead atoms. The minimum atomic E-state index is -1.13. The maximum absolute atomic E-state index is 12.1. The molecule has 1 heterocycles. The van der Waals surface area contributed by atoms with E-state index in [9.17, 15) is 9.90 Å². The average Bonchev–Trinajstić information content (AvgIpc) is 2.71. The molecule has 1 aromatic rings. The van der Waals surface area contributed by atoms with Gasteiger partial charge in [-0.2, -0.15) is 0 Å². The Balaban J connectivity index is 2.37. The van der Waals surface area contributed by atoms with Crippen molar-refractivity contribution in [2.75, 3.05) is 6.79 Å². The quantitative estimate of drug-likeness (QED) is 0.875. The van der Waals surface area contributed by atoms with E-state index in [0.717, 1.165) is 5.56 Å². The molecule has 0 fully saturated rings. The molecule has 0 aromatic heterocycles. The predicted octanol–water partition coefficient (Wildman–Crippen LogP) is 2.37. The van der Waals surface area contributed by atoms with Crippen molar-refractivity contribution >= 4 is 5.78 Å². The summed E-state index contributed by atoms with van der Waals surface area (Å²) in [6.45, 7) is 7.40. The molecule has 0 saturated heterocycles. The number of aliphatic hydroxyl groups excluding tert-OH is 1. The number of rotatable bonds is 2. The highest BCUT2D eigenvalue weighted by molar-refractivity contribution is 5.89. The van der Waals surface area contributed by atoms with Crippen molar-refractivity contribution in [1.82, 2.24) is 0 Å². The van der Waals surface area contributed by atoms with Gasteiger partial charge in [0.05, 0.1) is 0 Å². The van der Waals surface area contributed by atoms with Crippen molar-refractivity contribution in [2.24, 2.45) is 5.41 Å². The van der Waals surface area contributed by atoms with E-state index in [2.05, 4.69) is 0 Å². The number of Topliss-reactive ketones (excluding diaryl/α,β-unsaturated/α-hetero) is 1. The number of ether oxygens (including phenoxy) is 2. The maximum Gasteiger partial charge on any atom is 0.231 e. The van der Waals surface area contributed by atoms with Crippen LogP contribution in [0.5, 0.6) is 11.5 Å². The van der Waals surface area contributed by atoms with E-state index in [1.54, 1.807) is 32.9 Å². The third kappa shape index (κ3) is 2.20. The lowest BCUT2D eigenvalue weighted by Gasteiger charge is -2.22. The highest BCUT2D eigenvalue weighted by atomic mass is 16.7. The highest BCUT2D eigenvalue weighted by Crippen LogP contribution is 2.38. The van der Waals surface area contributed by atoms with Crippen LogP contribution in [0.2, 0.25) is 0 Å². The minimum Gasteiger partial charge on any atom is -0.454 e. The van der Waals surface area contributed by atoms with Crippen LogP contribution in [-0.4, -0.2) is 17.7 Å². The Morgan fingerprint density at radius 2 is 1.83 bits per heavy atom. The zero-order valence-electron chi connectivity index (χ0n) is 11.1. The van der Waals surface area contributed by atoms with Gasteiger partial charge in [-0.3, -0.25) is 4.79 Å². The second kappa shape index (κ2) is 4.28. The molecule has 2 rings (SSSR count). The molecule has 0 amide bonds. The van der Waals surface area contributed by atoms with Gasteiger partial charge in [-0.05, 0) is 30.2 Å². The van der Waals surface area contributed by atoms with E-state index in [0.29, 0.717) is 17.1 Å². The fourth-order valence-corrected chi connectivity index (χ4v) is 1.91. The Labute approximate surface area is 107 Å². The monoisotopic (exact) mass is 250 g/mol. The van der Waals surface area contributed by atoms with Crippen molar-refractivity contribution in [3.8, 4) is 11.5 Å². The Hall–Kier alpha value is -1.55. The fourth-order valence-electron chi connectivity index (χ4n) is 1.91. The van der Waals surface area contributed by atoms with E-state index in [-0.39, 0.29) is 12.6 Å². The number of ketones is 1. The van der Waals surface area contributed by atoms with Crippen LogP contribution in [-0.2, 0) is 4.79 Å². The first-order valence-corrected chi connectivity index (χ1v) is 5.93. The molecule has 0 spiro atoms. The molecule has 1 aliphatic heterocycles. The fraction of sp³-hybridized carbons (Fsp3) is 0.500. The van der Waals surface area contributed by atoms with Crippen LogP contribution in [0, 0.1) is 12.3 Å². The van der Waals surface area contributed by atoms with Crippen LogP contribution in [0.4, 0.5) is 0 Å². The third-order valence-electron chi connectivity index (χ3n) is 3.04. The van der Waals surface area contributed by atoms with Gasteiger partial charge in [-0.1, -0.05) is 20.8 Å². The van der Waals surface area contributed by atoms with Gasteiger partial charge in [-0.15, -0.1) is 0 Å². The molecular formula is C14H18O4. The van der Waals surface area contributed by atoms with Crippen molar-refractivity contribution in [1.29, 1.82) is 0 Å². The number of aliphatic hydroxyl groups is 1. The summed E-state index contributed by atoms with van der Waals surface area (Å²) in [5, 5.41) is 10.2. The smallest absolute Gasteiger partial charge is 0.231 e. The van der Waals surface area contributed by atoms with E-state index >= 15 is 0 Å². The molecule has 1 atom stereocenters. The number of carbonyl (C=O) groups is 1. The second-order valence-electron chi connectivity index (χ2n) is 5.58. The lowest BCUT2D eigenvalue weighted by Crippen LogP contribution is -2.27. The molecule has 1 aromatic carbocycles. The van der Waals surface area contributed by atoms with Gasteiger partial charge in [0.15, 0.2) is 17.3 Å². The second-order valence-corrected chi connectivity index (χ2v) is 5.58. The Kier molecular flexibility index (Phi) is 3.07. The van der Waals surface area contributed by atoms with Crippen LogP contribution in [0.3, 0.4) is 0 Å². The Morgan fingerprint density at radius 3 is 2.39 bits per heavy atom. The molecule has 1 N–H and O–H groups in total. The van der Waals surface area contributed by atoms with Crippen LogP contribution in [0.15, 0.2) is 12.1 Å². The van der Waals surface area contributed by atoms with Crippen molar-refractivity contribution < 1.29 is 19.4 Å². The van der Waals surface area contributed by atoms with Gasteiger partial charge < -0.3 is 14.6 Å². The third-order valence-corrected chi connectivity index (χ3v) is 3.04. The Bertz CT molecular complexity index is 485. The van der Waals surface area contributed by atoms with Crippen molar-refractivity contribution in [2.45, 2.75) is 33.8 Å². The molecule has 98 valence electrons. The van der Waals surface area contributed by atoms with Gasteiger partial charge in [0.1, 0.15) is 6.10 Å². The van der Waals surface area contributed by atoms with E-state index < -0.39 is 11.5 Å². The number of benzene rings is 1. The topological polar surface area (TPSA) is 55.8 Å². The first-order valence-electron chi connectivity index (χ1n) is 5.93. The lowest BCUT2D eigenvalue weighted by molar-refractivity contribution is -0.135. The molecule has 1 unspecified atom stereocenters. The van der Waals surface area contributed by atoms with E-state index in [4.69, 9.17) is 9.47 Å². The first-order chi connectivity index (χ1) is 8.30. The molecule has 18 heavy (non-hydrogen) atoms. The van der Waals surface area contributed by atoms with Crippen LogP contribution in [0.1, 0.15) is 38.0 Å². The normalized spacial score (nSPS) is 15.6. The van der Waals surface area contributed by atoms with Crippen LogP contribution >= 0.6 is 0 Å². The maximum atomic E-state index is 12.1. The number of fused-ring (bicyclic) bond motifs is 1. The predicted molar refractivity (Wildman–Crippen MR) is 66.7 cm³/mol. The number of aryl methyl sites for hydroxylation is 1. The summed E-state index contributed by atoms with van der Waals surface area (Å²) in [6.07, 6.45) is -1.13. The largest absolute Gasteiger partial charge is 0.454 e. The Morgan fingerprint density at radius 1 is 1.28 bits per heavy atom. The van der Waals surface area contributed by atoms with Gasteiger partial charge in [-0.25, -0.2) is 0 Å². The summed E-state index contributed by atoms with van der Waals surface area (Å²) >= 11 is 0. The number of hydrogen-bond donors (Lipinski definition) is 1. The average molecular weight is 250 g/mol. The molecule has 4 nitrogen and oxygen atoms in total. The number of carbonyl (C=O) groups excluding carboxylic acids is 1. The summed E-state index contributed by atoms with van der Waals surface area (Å²) in [5.41, 5.74) is 0.825. The van der Waals surface area contributed by atoms with Gasteiger partial charge >= 0.3 is 0 Å². The standard InChI is InChI=1S/C14H18O4/c1-8-5-10-11(18-7-17-10)6-9(8)12(15)13(16)14(2,3)4/h5-6,12,15H,7H2,1-4H3. The van der Waals surface area contributed by atoms with E-state index in [1.807, 2.05) is 6.92 Å². The molecule has 1 aliphatic rings. The summed E-state index contributed by atoms with van der Waals surface area (Å²) in [6, 6.07) is 3.48. The van der Waals surface area contributed by atoms with Crippen molar-refractivity contribution in [3.05, 3.63) is 23.3 Å². The zero-order valence-corrected chi connectivity index (χ0v) is 11.1. The highest BCUT2D eigenvalue weighted by Gasteiger charge is 2.31. The summed E-state index contributed by atoms with van der Waals surface area (Å²) in [4.78, 5) is 12.1. The summed E-state index contributed by atoms with van der Waals surface area (Å²) in [7, 11) is 0. The SMILES string of the molecule is Cc1cc2c(cc1C(O)C(=O)C(C)(C)C)OCO2. The van der Waals surface area contributed by atoms with E-state index in [1.165, 1.54) is 0 Å². The first kappa shape index (κ1) is 12.9. The summed E-state index contributed by atoms with van der Waals surface area (Å²) in [5.74, 6) is 1.03. The van der Waals surface area contributed by atoms with Crippen LogP contribution in [0.25, 0.3) is 0 Å². The molecular weight excluding hydrogens is 232 g/mol. The van der Waals surface area contributed by atoms with Gasteiger partial charge in [0.25, 0.3) is 0 Å². The molecule has 4 heteroatoms. The zero-order chi connectivity index (χ0) is 13.5. The van der Waals surface area contributed by atoms with Gasteiger partial charge in [0, 0.05) is 5.41 Å². The minimum absolute atomic E-state index is 0.182. The van der Waals surface area contributed by atoms with Crippen molar-refractivity contribution in [3.63, 3.8) is 0 Å². The lowest BCUT2D eigenvalue weighted by atomic mass is 9.84. The molecule has 0 aliphatic carbocycles. The van der Waals surface area contributed by atoms with Gasteiger partial charge in [0.2, 0.25) is 6.79 Å². The molecule has 0 saturated carbocycles. The number of hydrogen-bond acceptors (Lipinski definition) is 4.